The second-order valence-corrected chi connectivity index (χ2v) is 2.91. The van der Waals surface area contributed by atoms with Gasteiger partial charge in [-0.3, -0.25) is 4.79 Å². The molecule has 3 heteroatoms. The standard InChI is InChI=1S/C10H16O3/c1-4-9(11)6-5-7-13-10(12)8(2)3/h2,4-7H2,1,3H3. The lowest BCUT2D eigenvalue weighted by Crippen LogP contribution is -2.07. The minimum absolute atomic E-state index is 0.200. The molecule has 0 saturated carbocycles. The largest absolute Gasteiger partial charge is 0.462 e. The number of carbonyl (C=O) groups excluding carboxylic acids is 2. The van der Waals surface area contributed by atoms with Gasteiger partial charge in [0.1, 0.15) is 5.78 Å². The Bertz CT molecular complexity index is 206. The van der Waals surface area contributed by atoms with E-state index in [4.69, 9.17) is 4.74 Å². The zero-order chi connectivity index (χ0) is 10.3. The van der Waals surface area contributed by atoms with Crippen molar-refractivity contribution < 1.29 is 14.3 Å². The van der Waals surface area contributed by atoms with Crippen LogP contribution in [0.5, 0.6) is 0 Å². The minimum Gasteiger partial charge on any atom is -0.462 e. The van der Waals surface area contributed by atoms with Crippen LogP contribution in [0.1, 0.15) is 33.1 Å². The first kappa shape index (κ1) is 11.9. The molecule has 0 aromatic carbocycles. The Morgan fingerprint density at radius 3 is 2.46 bits per heavy atom. The predicted molar refractivity (Wildman–Crippen MR) is 50.3 cm³/mol. The number of esters is 1. The van der Waals surface area contributed by atoms with Crippen LogP contribution in [0.15, 0.2) is 12.2 Å². The highest BCUT2D eigenvalue weighted by Gasteiger charge is 2.03. The van der Waals surface area contributed by atoms with Gasteiger partial charge in [0.2, 0.25) is 0 Å². The van der Waals surface area contributed by atoms with Crippen molar-refractivity contribution in [3.05, 3.63) is 12.2 Å². The van der Waals surface area contributed by atoms with E-state index in [-0.39, 0.29) is 11.8 Å². The van der Waals surface area contributed by atoms with Crippen molar-refractivity contribution in [3.8, 4) is 0 Å². The van der Waals surface area contributed by atoms with E-state index in [1.807, 2.05) is 6.92 Å². The molecule has 0 fully saturated rings. The van der Waals surface area contributed by atoms with E-state index in [9.17, 15) is 9.59 Å². The molecule has 0 N–H and O–H groups in total. The number of ketones is 1. The van der Waals surface area contributed by atoms with Gasteiger partial charge >= 0.3 is 5.97 Å². The van der Waals surface area contributed by atoms with Crippen LogP contribution in [-0.4, -0.2) is 18.4 Å². The van der Waals surface area contributed by atoms with Gasteiger partial charge in [-0.1, -0.05) is 13.5 Å². The van der Waals surface area contributed by atoms with Crippen molar-refractivity contribution in [2.75, 3.05) is 6.61 Å². The van der Waals surface area contributed by atoms with Gasteiger partial charge in [0, 0.05) is 18.4 Å². The summed E-state index contributed by atoms with van der Waals surface area (Å²) in [4.78, 5) is 21.7. The summed E-state index contributed by atoms with van der Waals surface area (Å²) in [7, 11) is 0. The Balaban J connectivity index is 3.41. The van der Waals surface area contributed by atoms with E-state index in [0.29, 0.717) is 31.4 Å². The zero-order valence-electron chi connectivity index (χ0n) is 8.26. The molecule has 13 heavy (non-hydrogen) atoms. The van der Waals surface area contributed by atoms with Crippen LogP contribution in [0.3, 0.4) is 0 Å². The average Bonchev–Trinajstić information content (AvgIpc) is 2.11. The smallest absolute Gasteiger partial charge is 0.333 e. The molecule has 0 rings (SSSR count). The lowest BCUT2D eigenvalue weighted by atomic mass is 10.2. The van der Waals surface area contributed by atoms with Crippen LogP contribution >= 0.6 is 0 Å². The van der Waals surface area contributed by atoms with E-state index < -0.39 is 0 Å². The first-order valence-electron chi connectivity index (χ1n) is 4.42. The molecule has 0 aliphatic carbocycles. The molecule has 0 aromatic heterocycles. The molecule has 0 spiro atoms. The third-order valence-corrected chi connectivity index (χ3v) is 1.58. The van der Waals surface area contributed by atoms with Crippen molar-refractivity contribution in [3.63, 3.8) is 0 Å². The SMILES string of the molecule is C=C(C)C(=O)OCCCC(=O)CC. The number of Topliss-reactive ketones (excluding diaryl/α,β-unsaturated/α-hetero) is 1. The number of hydrogen-bond donors (Lipinski definition) is 0. The Morgan fingerprint density at radius 2 is 2.00 bits per heavy atom. The van der Waals surface area contributed by atoms with Crippen molar-refractivity contribution in [1.82, 2.24) is 0 Å². The maximum Gasteiger partial charge on any atom is 0.333 e. The van der Waals surface area contributed by atoms with Gasteiger partial charge in [-0.05, 0) is 13.3 Å². The van der Waals surface area contributed by atoms with Crippen molar-refractivity contribution >= 4 is 11.8 Å². The molecule has 0 aromatic rings. The maximum atomic E-state index is 10.9. The van der Waals surface area contributed by atoms with E-state index in [2.05, 4.69) is 6.58 Å². The number of hydrogen-bond acceptors (Lipinski definition) is 3. The highest BCUT2D eigenvalue weighted by molar-refractivity contribution is 5.86. The molecule has 74 valence electrons. The van der Waals surface area contributed by atoms with E-state index >= 15 is 0 Å². The fourth-order valence-corrected chi connectivity index (χ4v) is 0.734. The molecule has 0 amide bonds. The fourth-order valence-electron chi connectivity index (χ4n) is 0.734. The van der Waals surface area contributed by atoms with Gasteiger partial charge < -0.3 is 4.74 Å². The molecule has 0 aliphatic rings. The molecular weight excluding hydrogens is 168 g/mol. The third-order valence-electron chi connectivity index (χ3n) is 1.58. The predicted octanol–water partition coefficient (Wildman–Crippen LogP) is 1.86. The van der Waals surface area contributed by atoms with Crippen molar-refractivity contribution in [1.29, 1.82) is 0 Å². The number of ether oxygens (including phenoxy) is 1. The van der Waals surface area contributed by atoms with Crippen LogP contribution in [0.4, 0.5) is 0 Å². The van der Waals surface area contributed by atoms with Gasteiger partial charge in [-0.15, -0.1) is 0 Å². The summed E-state index contributed by atoms with van der Waals surface area (Å²) in [5.74, 6) is -0.185. The van der Waals surface area contributed by atoms with Crippen LogP contribution in [-0.2, 0) is 14.3 Å². The van der Waals surface area contributed by atoms with Crippen LogP contribution in [0.25, 0.3) is 0 Å². The van der Waals surface area contributed by atoms with Crippen LogP contribution in [0, 0.1) is 0 Å². The summed E-state index contributed by atoms with van der Waals surface area (Å²) in [6.45, 7) is 7.17. The fraction of sp³-hybridized carbons (Fsp3) is 0.600. The Labute approximate surface area is 78.8 Å². The third kappa shape index (κ3) is 6.08. The van der Waals surface area contributed by atoms with Gasteiger partial charge in [-0.25, -0.2) is 4.79 Å². The van der Waals surface area contributed by atoms with Crippen LogP contribution in [0.2, 0.25) is 0 Å². The van der Waals surface area contributed by atoms with Crippen molar-refractivity contribution in [2.45, 2.75) is 33.1 Å². The summed E-state index contributed by atoms with van der Waals surface area (Å²) in [6.07, 6.45) is 1.64. The second-order valence-electron chi connectivity index (χ2n) is 2.91. The summed E-state index contributed by atoms with van der Waals surface area (Å²) in [5.41, 5.74) is 0.391. The maximum absolute atomic E-state index is 10.9. The second kappa shape index (κ2) is 6.40. The molecule has 0 radical (unpaired) electrons. The highest BCUT2D eigenvalue weighted by atomic mass is 16.5. The molecule has 0 atom stereocenters. The first-order valence-corrected chi connectivity index (χ1v) is 4.42. The molecule has 3 nitrogen and oxygen atoms in total. The summed E-state index contributed by atoms with van der Waals surface area (Å²) in [5, 5.41) is 0. The van der Waals surface area contributed by atoms with Gasteiger partial charge in [0.15, 0.2) is 0 Å². The molecule has 0 unspecified atom stereocenters. The monoisotopic (exact) mass is 184 g/mol. The lowest BCUT2D eigenvalue weighted by Gasteiger charge is -2.02. The molecule has 0 saturated heterocycles. The average molecular weight is 184 g/mol. The van der Waals surface area contributed by atoms with Crippen molar-refractivity contribution in [2.24, 2.45) is 0 Å². The van der Waals surface area contributed by atoms with E-state index in [1.54, 1.807) is 6.92 Å². The molecular formula is C10H16O3. The number of rotatable bonds is 6. The van der Waals surface area contributed by atoms with Gasteiger partial charge in [0.05, 0.1) is 6.61 Å². The van der Waals surface area contributed by atoms with Gasteiger partial charge in [-0.2, -0.15) is 0 Å². The Kier molecular flexibility index (Phi) is 5.85. The highest BCUT2D eigenvalue weighted by Crippen LogP contribution is 1.98. The quantitative estimate of drug-likeness (QED) is 0.359. The summed E-state index contributed by atoms with van der Waals surface area (Å²) >= 11 is 0. The Morgan fingerprint density at radius 1 is 1.38 bits per heavy atom. The lowest BCUT2D eigenvalue weighted by molar-refractivity contribution is -0.139. The molecule has 0 aliphatic heterocycles. The normalized spacial score (nSPS) is 9.38. The summed E-state index contributed by atoms with van der Waals surface area (Å²) < 4.78 is 4.81. The van der Waals surface area contributed by atoms with Gasteiger partial charge in [0.25, 0.3) is 0 Å². The summed E-state index contributed by atoms with van der Waals surface area (Å²) in [6, 6.07) is 0. The Hall–Kier alpha value is -1.12. The van der Waals surface area contributed by atoms with E-state index in [1.165, 1.54) is 0 Å². The zero-order valence-corrected chi connectivity index (χ0v) is 8.26. The van der Waals surface area contributed by atoms with Crippen LogP contribution < -0.4 is 0 Å². The first-order chi connectivity index (χ1) is 6.07. The minimum atomic E-state index is -0.385. The van der Waals surface area contributed by atoms with E-state index in [0.717, 1.165) is 0 Å². The molecule has 0 heterocycles. The molecule has 0 bridgehead atoms. The number of carbonyl (C=O) groups is 2. The topological polar surface area (TPSA) is 43.4 Å².